The van der Waals surface area contributed by atoms with Crippen LogP contribution in [0.25, 0.3) is 0 Å². The molecule has 0 bridgehead atoms. The number of carbonyl (C=O) groups excluding carboxylic acids is 3. The molecule has 1 saturated carbocycles. The number of rotatable bonds is 11. The maximum atomic E-state index is 13.0. The fourth-order valence-corrected chi connectivity index (χ4v) is 5.24. The Kier molecular flexibility index (Phi) is 11.4. The minimum absolute atomic E-state index is 0.157. The summed E-state index contributed by atoms with van der Waals surface area (Å²) in [6.07, 6.45) is 12.2. The molecule has 0 spiro atoms. The third kappa shape index (κ3) is 9.28. The van der Waals surface area contributed by atoms with Gasteiger partial charge in [-0.3, -0.25) is 10.1 Å². The van der Waals surface area contributed by atoms with Gasteiger partial charge in [0.05, 0.1) is 10.4 Å². The molecule has 2 rings (SSSR count). The predicted molar refractivity (Wildman–Crippen MR) is 139 cm³/mol. The zero-order valence-electron chi connectivity index (χ0n) is 21.6. The predicted octanol–water partition coefficient (Wildman–Crippen LogP) is 6.56. The van der Waals surface area contributed by atoms with E-state index in [0.717, 1.165) is 49.9 Å². The van der Waals surface area contributed by atoms with Gasteiger partial charge in [0.15, 0.2) is 0 Å². The molecule has 1 aromatic rings. The van der Waals surface area contributed by atoms with Crippen molar-refractivity contribution in [1.82, 2.24) is 10.6 Å². The molecule has 0 aliphatic heterocycles. The van der Waals surface area contributed by atoms with Gasteiger partial charge in [-0.05, 0) is 52.5 Å². The number of urea groups is 1. The lowest BCUT2D eigenvalue weighted by Gasteiger charge is -2.22. The Morgan fingerprint density at radius 3 is 2.29 bits per heavy atom. The average molecular weight is 494 g/mol. The molecule has 7 nitrogen and oxygen atoms in total. The number of hydrogen-bond acceptors (Lipinski definition) is 5. The molecule has 0 saturated heterocycles. The van der Waals surface area contributed by atoms with Gasteiger partial charge in [-0.15, -0.1) is 11.3 Å². The first kappa shape index (κ1) is 28.1. The lowest BCUT2D eigenvalue weighted by molar-refractivity contribution is 0.00705. The molecule has 1 fully saturated rings. The van der Waals surface area contributed by atoms with E-state index in [1.807, 2.05) is 0 Å². The lowest BCUT2D eigenvalue weighted by atomic mass is 9.95. The summed E-state index contributed by atoms with van der Waals surface area (Å²) in [7, 11) is 0. The molecule has 3 amide bonds. The minimum atomic E-state index is -0.687. The average Bonchev–Trinajstić information content (AvgIpc) is 3.08. The summed E-state index contributed by atoms with van der Waals surface area (Å²) < 4.78 is 5.58. The second kappa shape index (κ2) is 13.7. The highest BCUT2D eigenvalue weighted by molar-refractivity contribution is 7.18. The summed E-state index contributed by atoms with van der Waals surface area (Å²) in [4.78, 5) is 39.0. The van der Waals surface area contributed by atoms with Gasteiger partial charge in [-0.2, -0.15) is 0 Å². The maximum Gasteiger partial charge on any atom is 0.341 e. The van der Waals surface area contributed by atoms with Crippen molar-refractivity contribution in [2.24, 2.45) is 0 Å². The molecule has 3 N–H and O–H groups in total. The highest BCUT2D eigenvalue weighted by atomic mass is 32.1. The number of hydrogen-bond donors (Lipinski definition) is 3. The van der Waals surface area contributed by atoms with Crippen LogP contribution in [0, 0.1) is 6.92 Å². The van der Waals surface area contributed by atoms with E-state index in [-0.39, 0.29) is 23.5 Å². The molecule has 0 aromatic carbocycles. The molecule has 0 radical (unpaired) electrons. The SMILES string of the molecule is CCCCCCCCNC(=O)Nc1sc(C(=O)NC2CCCCC2)c(C)c1C(=O)OC(C)(C)C. The second-order valence-electron chi connectivity index (χ2n) is 10.2. The van der Waals surface area contributed by atoms with Gasteiger partial charge >= 0.3 is 12.0 Å². The van der Waals surface area contributed by atoms with Crippen LogP contribution in [0.15, 0.2) is 0 Å². The van der Waals surface area contributed by atoms with Gasteiger partial charge in [-0.1, -0.05) is 58.3 Å². The first-order chi connectivity index (χ1) is 16.1. The molecule has 1 aliphatic carbocycles. The number of thiophene rings is 1. The van der Waals surface area contributed by atoms with Crippen molar-refractivity contribution < 1.29 is 19.1 Å². The second-order valence-corrected chi connectivity index (χ2v) is 11.2. The van der Waals surface area contributed by atoms with Crippen LogP contribution >= 0.6 is 11.3 Å². The topological polar surface area (TPSA) is 96.5 Å². The summed E-state index contributed by atoms with van der Waals surface area (Å²) in [5, 5.41) is 9.12. The van der Waals surface area contributed by atoms with E-state index in [9.17, 15) is 14.4 Å². The largest absolute Gasteiger partial charge is 0.456 e. The van der Waals surface area contributed by atoms with E-state index < -0.39 is 11.6 Å². The molecular weight excluding hydrogens is 450 g/mol. The van der Waals surface area contributed by atoms with Crippen LogP contribution in [0.3, 0.4) is 0 Å². The van der Waals surface area contributed by atoms with Crippen LogP contribution < -0.4 is 16.0 Å². The molecule has 192 valence electrons. The summed E-state index contributed by atoms with van der Waals surface area (Å²) in [6.45, 7) is 9.88. The fraction of sp³-hybridized carbons (Fsp3) is 0.731. The normalized spacial score (nSPS) is 14.5. The Balaban J connectivity index is 2.08. The van der Waals surface area contributed by atoms with Crippen LogP contribution in [-0.4, -0.2) is 36.1 Å². The van der Waals surface area contributed by atoms with Crippen molar-refractivity contribution in [2.75, 3.05) is 11.9 Å². The van der Waals surface area contributed by atoms with Gasteiger partial charge in [0.1, 0.15) is 10.6 Å². The van der Waals surface area contributed by atoms with Crippen LogP contribution in [0.5, 0.6) is 0 Å². The number of esters is 1. The zero-order valence-corrected chi connectivity index (χ0v) is 22.4. The van der Waals surface area contributed by atoms with Crippen molar-refractivity contribution in [2.45, 2.75) is 117 Å². The number of carbonyl (C=O) groups is 3. The van der Waals surface area contributed by atoms with Crippen LogP contribution in [0.2, 0.25) is 0 Å². The Morgan fingerprint density at radius 2 is 1.65 bits per heavy atom. The van der Waals surface area contributed by atoms with Gasteiger partial charge in [0.2, 0.25) is 0 Å². The van der Waals surface area contributed by atoms with Crippen molar-refractivity contribution in [3.05, 3.63) is 16.0 Å². The first-order valence-electron chi connectivity index (χ1n) is 12.8. The minimum Gasteiger partial charge on any atom is -0.456 e. The maximum absolute atomic E-state index is 13.0. The van der Waals surface area contributed by atoms with Crippen molar-refractivity contribution in [3.8, 4) is 0 Å². The lowest BCUT2D eigenvalue weighted by Crippen LogP contribution is -2.36. The summed E-state index contributed by atoms with van der Waals surface area (Å²) in [6, 6.07) is -0.219. The monoisotopic (exact) mass is 493 g/mol. The molecule has 34 heavy (non-hydrogen) atoms. The van der Waals surface area contributed by atoms with E-state index in [1.165, 1.54) is 32.1 Å². The Hall–Kier alpha value is -2.09. The van der Waals surface area contributed by atoms with Crippen LogP contribution in [0.4, 0.5) is 9.80 Å². The van der Waals surface area contributed by atoms with Gasteiger partial charge in [0.25, 0.3) is 5.91 Å². The van der Waals surface area contributed by atoms with Gasteiger partial charge < -0.3 is 15.4 Å². The molecular formula is C26H43N3O4S. The number of nitrogens with one attached hydrogen (secondary N) is 3. The summed E-state index contributed by atoms with van der Waals surface area (Å²) >= 11 is 1.13. The summed E-state index contributed by atoms with van der Waals surface area (Å²) in [5.41, 5.74) is 0.107. The van der Waals surface area contributed by atoms with Crippen LogP contribution in [-0.2, 0) is 4.74 Å². The number of ether oxygens (including phenoxy) is 1. The van der Waals surface area contributed by atoms with E-state index in [2.05, 4.69) is 22.9 Å². The highest BCUT2D eigenvalue weighted by Crippen LogP contribution is 2.35. The molecule has 0 unspecified atom stereocenters. The van der Waals surface area contributed by atoms with Crippen molar-refractivity contribution in [3.63, 3.8) is 0 Å². The quantitative estimate of drug-likeness (QED) is 0.240. The molecule has 1 heterocycles. The number of anilines is 1. The molecule has 1 aliphatic rings. The molecule has 8 heteroatoms. The Bertz CT molecular complexity index is 823. The molecule has 0 atom stereocenters. The van der Waals surface area contributed by atoms with E-state index in [4.69, 9.17) is 4.74 Å². The third-order valence-electron chi connectivity index (χ3n) is 5.94. The Labute approximate surface area is 208 Å². The molecule has 1 aromatic heterocycles. The third-order valence-corrected chi connectivity index (χ3v) is 7.15. The highest BCUT2D eigenvalue weighted by Gasteiger charge is 2.30. The van der Waals surface area contributed by atoms with Crippen LogP contribution in [0.1, 0.15) is 124 Å². The van der Waals surface area contributed by atoms with Crippen molar-refractivity contribution >= 4 is 34.2 Å². The smallest absolute Gasteiger partial charge is 0.341 e. The van der Waals surface area contributed by atoms with Gasteiger partial charge in [0, 0.05) is 12.6 Å². The standard InChI is InChI=1S/C26H43N3O4S/c1-6-7-8-9-10-14-17-27-25(32)29-23-20(24(31)33-26(3,4)5)18(2)21(34-23)22(30)28-19-15-12-11-13-16-19/h19H,6-17H2,1-5H3,(H,28,30)(H2,27,29,32). The van der Waals surface area contributed by atoms with Gasteiger partial charge in [-0.25, -0.2) is 9.59 Å². The first-order valence-corrected chi connectivity index (χ1v) is 13.7. The number of unbranched alkanes of at least 4 members (excludes halogenated alkanes) is 5. The van der Waals surface area contributed by atoms with E-state index in [1.54, 1.807) is 27.7 Å². The van der Waals surface area contributed by atoms with Crippen molar-refractivity contribution in [1.29, 1.82) is 0 Å². The van der Waals surface area contributed by atoms with E-state index in [0.29, 0.717) is 22.0 Å². The fourth-order valence-electron chi connectivity index (χ4n) is 4.15. The summed E-state index contributed by atoms with van der Waals surface area (Å²) in [5.74, 6) is -0.732. The Morgan fingerprint density at radius 1 is 1.00 bits per heavy atom. The van der Waals surface area contributed by atoms with E-state index >= 15 is 0 Å². The zero-order chi connectivity index (χ0) is 25.1. The number of amides is 3.